The first-order valence-corrected chi connectivity index (χ1v) is 9.69. The summed E-state index contributed by atoms with van der Waals surface area (Å²) in [7, 11) is -4.26. The van der Waals surface area contributed by atoms with Crippen LogP contribution in [-0.4, -0.2) is 32.2 Å². The van der Waals surface area contributed by atoms with Gasteiger partial charge in [-0.1, -0.05) is 32.0 Å². The molecule has 0 aliphatic heterocycles. The second-order valence-electron chi connectivity index (χ2n) is 6.33. The highest BCUT2D eigenvalue weighted by Gasteiger charge is 2.28. The summed E-state index contributed by atoms with van der Waals surface area (Å²) in [5, 5.41) is 11.3. The van der Waals surface area contributed by atoms with Crippen molar-refractivity contribution in [1.29, 1.82) is 0 Å². The Morgan fingerprint density at radius 3 is 2.25 bits per heavy atom. The van der Waals surface area contributed by atoms with E-state index in [9.17, 15) is 26.4 Å². The molecule has 0 unspecified atom stereocenters. The minimum Gasteiger partial charge on any atom is -0.478 e. The number of hydrogen-bond donors (Lipinski definition) is 3. The molecule has 2 rings (SSSR count). The Labute approximate surface area is 160 Å². The van der Waals surface area contributed by atoms with Crippen LogP contribution in [0.1, 0.15) is 35.7 Å². The molecule has 0 saturated heterocycles. The van der Waals surface area contributed by atoms with Crippen LogP contribution in [-0.2, 0) is 10.0 Å². The van der Waals surface area contributed by atoms with Crippen molar-refractivity contribution in [3.8, 4) is 0 Å². The smallest absolute Gasteiger partial charge is 0.405 e. The summed E-state index contributed by atoms with van der Waals surface area (Å²) in [4.78, 5) is 11.0. The summed E-state index contributed by atoms with van der Waals surface area (Å²) in [5.41, 5.74) is 0.0394. The van der Waals surface area contributed by atoms with Gasteiger partial charge < -0.3 is 10.4 Å². The predicted octanol–water partition coefficient (Wildman–Crippen LogP) is 4.28. The van der Waals surface area contributed by atoms with Gasteiger partial charge >= 0.3 is 12.1 Å². The largest absolute Gasteiger partial charge is 0.478 e. The second-order valence-corrected chi connectivity index (χ2v) is 7.98. The first-order valence-electron chi connectivity index (χ1n) is 8.20. The molecule has 0 aliphatic rings. The lowest BCUT2D eigenvalue weighted by atomic mass is 10.0. The average molecular weight is 416 g/mol. The van der Waals surface area contributed by atoms with Crippen LogP contribution < -0.4 is 10.0 Å². The summed E-state index contributed by atoms with van der Waals surface area (Å²) < 4.78 is 65.5. The highest BCUT2D eigenvalue weighted by molar-refractivity contribution is 7.92. The van der Waals surface area contributed by atoms with Gasteiger partial charge in [0.25, 0.3) is 10.0 Å². The Kier molecular flexibility index (Phi) is 6.23. The topological polar surface area (TPSA) is 95.5 Å². The van der Waals surface area contributed by atoms with E-state index in [4.69, 9.17) is 5.11 Å². The van der Waals surface area contributed by atoms with Crippen molar-refractivity contribution in [2.75, 3.05) is 16.6 Å². The first kappa shape index (κ1) is 21.5. The van der Waals surface area contributed by atoms with Gasteiger partial charge in [-0.25, -0.2) is 13.2 Å². The molecule has 0 aromatic heterocycles. The third-order valence-electron chi connectivity index (χ3n) is 3.82. The summed E-state index contributed by atoms with van der Waals surface area (Å²) in [6, 6.07) is 9.29. The molecule has 2 aromatic carbocycles. The van der Waals surface area contributed by atoms with Crippen LogP contribution in [0.2, 0.25) is 0 Å². The molecule has 0 bridgehead atoms. The number of hydrogen-bond acceptors (Lipinski definition) is 4. The zero-order chi connectivity index (χ0) is 21.1. The van der Waals surface area contributed by atoms with Gasteiger partial charge in [0, 0.05) is 0 Å². The number of alkyl halides is 3. The summed E-state index contributed by atoms with van der Waals surface area (Å²) >= 11 is 0. The van der Waals surface area contributed by atoms with E-state index in [0.29, 0.717) is 5.56 Å². The van der Waals surface area contributed by atoms with Crippen molar-refractivity contribution in [3.63, 3.8) is 0 Å². The number of carboxylic acid groups (broad SMARTS) is 1. The van der Waals surface area contributed by atoms with Crippen LogP contribution in [0.25, 0.3) is 0 Å². The highest BCUT2D eigenvalue weighted by atomic mass is 32.2. The van der Waals surface area contributed by atoms with Crippen molar-refractivity contribution in [2.45, 2.75) is 30.8 Å². The van der Waals surface area contributed by atoms with E-state index in [1.54, 1.807) is 13.8 Å². The van der Waals surface area contributed by atoms with E-state index in [1.165, 1.54) is 36.4 Å². The lowest BCUT2D eigenvalue weighted by molar-refractivity contribution is -0.115. The number of benzene rings is 2. The van der Waals surface area contributed by atoms with Gasteiger partial charge in [0.15, 0.2) is 0 Å². The Bertz CT molecular complexity index is 973. The summed E-state index contributed by atoms with van der Waals surface area (Å²) in [6.07, 6.45) is -4.48. The van der Waals surface area contributed by atoms with Gasteiger partial charge in [-0.15, -0.1) is 0 Å². The number of carbonyl (C=O) groups is 1. The van der Waals surface area contributed by atoms with Crippen molar-refractivity contribution in [1.82, 2.24) is 0 Å². The molecule has 0 spiro atoms. The van der Waals surface area contributed by atoms with E-state index in [-0.39, 0.29) is 27.8 Å². The first-order chi connectivity index (χ1) is 12.9. The number of carboxylic acids is 1. The van der Waals surface area contributed by atoms with Crippen LogP contribution in [0.3, 0.4) is 0 Å². The van der Waals surface area contributed by atoms with E-state index in [1.807, 2.05) is 0 Å². The summed E-state index contributed by atoms with van der Waals surface area (Å²) in [5.74, 6) is -1.52. The van der Waals surface area contributed by atoms with Crippen molar-refractivity contribution < 1.29 is 31.5 Å². The van der Waals surface area contributed by atoms with E-state index in [0.717, 1.165) is 6.07 Å². The van der Waals surface area contributed by atoms with Gasteiger partial charge in [0.2, 0.25) is 0 Å². The molecule has 10 heteroatoms. The number of nitrogens with one attached hydrogen (secondary N) is 2. The molecule has 0 atom stereocenters. The Morgan fingerprint density at radius 1 is 1.11 bits per heavy atom. The Hall–Kier alpha value is -2.75. The molecule has 3 N–H and O–H groups in total. The molecule has 0 heterocycles. The quantitative estimate of drug-likeness (QED) is 0.626. The lowest BCUT2D eigenvalue weighted by Crippen LogP contribution is -2.23. The maximum Gasteiger partial charge on any atom is 0.405 e. The van der Waals surface area contributed by atoms with Crippen molar-refractivity contribution in [2.24, 2.45) is 0 Å². The van der Waals surface area contributed by atoms with Crippen molar-refractivity contribution in [3.05, 3.63) is 53.6 Å². The van der Waals surface area contributed by atoms with E-state index >= 15 is 0 Å². The minimum atomic E-state index is -4.48. The van der Waals surface area contributed by atoms with Crippen LogP contribution in [0.15, 0.2) is 47.4 Å². The number of aromatic carboxylic acids is 1. The number of rotatable bonds is 7. The molecule has 28 heavy (non-hydrogen) atoms. The van der Waals surface area contributed by atoms with Crippen LogP contribution >= 0.6 is 0 Å². The van der Waals surface area contributed by atoms with Crippen molar-refractivity contribution >= 4 is 27.4 Å². The van der Waals surface area contributed by atoms with Crippen LogP contribution in [0.4, 0.5) is 24.5 Å². The third-order valence-corrected chi connectivity index (χ3v) is 5.24. The maximum atomic E-state index is 12.9. The van der Waals surface area contributed by atoms with E-state index < -0.39 is 28.7 Å². The average Bonchev–Trinajstić information content (AvgIpc) is 2.59. The third kappa shape index (κ3) is 5.38. The second kappa shape index (κ2) is 8.09. The number of sulfonamides is 1. The molecule has 2 aromatic rings. The van der Waals surface area contributed by atoms with Crippen LogP contribution in [0, 0.1) is 0 Å². The molecule has 0 aliphatic carbocycles. The molecule has 152 valence electrons. The molecular weight excluding hydrogens is 397 g/mol. The standard InChI is InChI=1S/C18H19F3N2O4S/c1-11(2)13-8-7-12(17(24)25)9-16(13)28(26,27)23-15-6-4-3-5-14(15)22-10-18(19,20)21/h3-9,11,22-23H,10H2,1-2H3,(H,24,25). The monoisotopic (exact) mass is 416 g/mol. The molecule has 0 fully saturated rings. The number of anilines is 2. The fourth-order valence-corrected chi connectivity index (χ4v) is 3.97. The number of para-hydroxylation sites is 2. The van der Waals surface area contributed by atoms with Gasteiger partial charge in [-0.2, -0.15) is 13.2 Å². The van der Waals surface area contributed by atoms with Gasteiger partial charge in [0.05, 0.1) is 21.8 Å². The molecule has 6 nitrogen and oxygen atoms in total. The highest BCUT2D eigenvalue weighted by Crippen LogP contribution is 2.30. The Morgan fingerprint density at radius 2 is 1.71 bits per heavy atom. The lowest BCUT2D eigenvalue weighted by Gasteiger charge is -2.18. The molecular formula is C18H19F3N2O4S. The molecule has 0 radical (unpaired) electrons. The maximum absolute atomic E-state index is 12.9. The van der Waals surface area contributed by atoms with Gasteiger partial charge in [-0.05, 0) is 35.7 Å². The minimum absolute atomic E-state index is 0.0520. The molecule has 0 saturated carbocycles. The van der Waals surface area contributed by atoms with Gasteiger partial charge in [-0.3, -0.25) is 4.72 Å². The SMILES string of the molecule is CC(C)c1ccc(C(=O)O)cc1S(=O)(=O)Nc1ccccc1NCC(F)(F)F. The number of halogens is 3. The van der Waals surface area contributed by atoms with Crippen LogP contribution in [0.5, 0.6) is 0 Å². The molecule has 0 amide bonds. The zero-order valence-corrected chi connectivity index (χ0v) is 15.9. The van der Waals surface area contributed by atoms with Gasteiger partial charge in [0.1, 0.15) is 6.54 Å². The Balaban J connectivity index is 2.45. The fourth-order valence-electron chi connectivity index (χ4n) is 2.50. The normalized spacial score (nSPS) is 12.1. The zero-order valence-electron chi connectivity index (χ0n) is 15.0. The van der Waals surface area contributed by atoms with E-state index in [2.05, 4.69) is 10.0 Å². The predicted molar refractivity (Wildman–Crippen MR) is 99.3 cm³/mol. The summed E-state index contributed by atoms with van der Waals surface area (Å²) in [6.45, 7) is 2.15. The fraction of sp³-hybridized carbons (Fsp3) is 0.278.